The number of methoxy groups -OCH3 is 1. The molecule has 2 aromatic rings. The Morgan fingerprint density at radius 3 is 2.77 bits per heavy atom. The molecule has 0 fully saturated rings. The second kappa shape index (κ2) is 6.98. The van der Waals surface area contributed by atoms with Gasteiger partial charge < -0.3 is 15.4 Å². The lowest BCUT2D eigenvalue weighted by Gasteiger charge is -2.14. The van der Waals surface area contributed by atoms with Gasteiger partial charge in [0.15, 0.2) is 0 Å². The van der Waals surface area contributed by atoms with Crippen LogP contribution in [-0.2, 0) is 6.42 Å². The summed E-state index contributed by atoms with van der Waals surface area (Å²) in [6.45, 7) is 5.85. The molecule has 0 radical (unpaired) electrons. The van der Waals surface area contributed by atoms with Crippen LogP contribution in [0.3, 0.4) is 0 Å². The molecule has 22 heavy (non-hydrogen) atoms. The molecular formula is C16H22N4O2. The molecule has 1 atom stereocenters. The predicted octanol–water partition coefficient (Wildman–Crippen LogP) is 2.79. The average Bonchev–Trinajstić information content (AvgIpc) is 2.85. The van der Waals surface area contributed by atoms with E-state index in [4.69, 9.17) is 4.74 Å². The first-order chi connectivity index (χ1) is 10.5. The van der Waals surface area contributed by atoms with E-state index < -0.39 is 0 Å². The molecule has 6 heteroatoms. The highest BCUT2D eigenvalue weighted by atomic mass is 16.5. The van der Waals surface area contributed by atoms with Gasteiger partial charge in [-0.15, -0.1) is 0 Å². The summed E-state index contributed by atoms with van der Waals surface area (Å²) < 4.78 is 5.25. The Balaban J connectivity index is 1.89. The fourth-order valence-electron chi connectivity index (χ4n) is 2.23. The van der Waals surface area contributed by atoms with Gasteiger partial charge in [-0.2, -0.15) is 5.10 Å². The van der Waals surface area contributed by atoms with Crippen LogP contribution in [0.5, 0.6) is 5.75 Å². The second-order valence-electron chi connectivity index (χ2n) is 5.43. The molecule has 0 saturated heterocycles. The van der Waals surface area contributed by atoms with Crippen molar-refractivity contribution < 1.29 is 9.53 Å². The van der Waals surface area contributed by atoms with E-state index in [9.17, 15) is 4.79 Å². The van der Waals surface area contributed by atoms with E-state index in [0.29, 0.717) is 12.1 Å². The van der Waals surface area contributed by atoms with Crippen molar-refractivity contribution in [1.82, 2.24) is 15.5 Å². The maximum Gasteiger partial charge on any atom is 0.319 e. The van der Waals surface area contributed by atoms with Crippen LogP contribution in [0, 0.1) is 13.8 Å². The zero-order chi connectivity index (χ0) is 16.1. The molecular weight excluding hydrogens is 280 g/mol. The number of H-pyrrole nitrogens is 1. The van der Waals surface area contributed by atoms with Crippen molar-refractivity contribution in [2.45, 2.75) is 33.2 Å². The number of aromatic nitrogens is 2. The highest BCUT2D eigenvalue weighted by molar-refractivity contribution is 5.89. The topological polar surface area (TPSA) is 79.0 Å². The van der Waals surface area contributed by atoms with Crippen molar-refractivity contribution in [2.24, 2.45) is 0 Å². The Labute approximate surface area is 130 Å². The summed E-state index contributed by atoms with van der Waals surface area (Å²) in [5, 5.41) is 12.8. The number of carbonyl (C=O) groups excluding carboxylic acids is 1. The molecule has 118 valence electrons. The maximum absolute atomic E-state index is 12.0. The number of nitrogens with one attached hydrogen (secondary N) is 3. The Hall–Kier alpha value is -2.50. The molecule has 0 bridgehead atoms. The van der Waals surface area contributed by atoms with E-state index in [1.807, 2.05) is 39.0 Å². The number of rotatable bonds is 5. The summed E-state index contributed by atoms with van der Waals surface area (Å²) in [6, 6.07) is 7.27. The maximum atomic E-state index is 12.0. The third kappa shape index (κ3) is 4.25. The largest absolute Gasteiger partial charge is 0.496 e. The zero-order valence-electron chi connectivity index (χ0n) is 13.4. The molecule has 6 nitrogen and oxygen atoms in total. The molecule has 1 unspecified atom stereocenters. The van der Waals surface area contributed by atoms with Gasteiger partial charge in [-0.25, -0.2) is 4.79 Å². The first kappa shape index (κ1) is 15.9. The van der Waals surface area contributed by atoms with Gasteiger partial charge in [0.2, 0.25) is 0 Å². The number of nitrogens with zero attached hydrogens (tertiary/aromatic N) is 1. The van der Waals surface area contributed by atoms with Crippen molar-refractivity contribution in [3.63, 3.8) is 0 Å². The van der Waals surface area contributed by atoms with Gasteiger partial charge in [0.1, 0.15) is 5.75 Å². The molecule has 0 aliphatic heterocycles. The van der Waals surface area contributed by atoms with Crippen molar-refractivity contribution in [1.29, 1.82) is 0 Å². The lowest BCUT2D eigenvalue weighted by Crippen LogP contribution is -2.37. The van der Waals surface area contributed by atoms with E-state index >= 15 is 0 Å². The van der Waals surface area contributed by atoms with Crippen LogP contribution in [0.25, 0.3) is 0 Å². The third-order valence-corrected chi connectivity index (χ3v) is 3.32. The van der Waals surface area contributed by atoms with Crippen molar-refractivity contribution in [3.8, 4) is 5.75 Å². The van der Waals surface area contributed by atoms with Gasteiger partial charge in [0.25, 0.3) is 0 Å². The molecule has 0 spiro atoms. The lowest BCUT2D eigenvalue weighted by atomic mass is 10.2. The summed E-state index contributed by atoms with van der Waals surface area (Å²) in [6.07, 6.45) is 0.676. The van der Waals surface area contributed by atoms with E-state index in [-0.39, 0.29) is 12.1 Å². The number of hydrogen-bond acceptors (Lipinski definition) is 3. The minimum absolute atomic E-state index is 0.0185. The predicted molar refractivity (Wildman–Crippen MR) is 86.4 cm³/mol. The minimum atomic E-state index is -0.245. The van der Waals surface area contributed by atoms with Gasteiger partial charge in [-0.05, 0) is 38.5 Å². The number of urea groups is 1. The Morgan fingerprint density at radius 1 is 1.36 bits per heavy atom. The number of carbonyl (C=O) groups is 1. The fraction of sp³-hybridized carbons (Fsp3) is 0.375. The van der Waals surface area contributed by atoms with Crippen LogP contribution in [-0.4, -0.2) is 29.4 Å². The van der Waals surface area contributed by atoms with E-state index in [0.717, 1.165) is 22.7 Å². The third-order valence-electron chi connectivity index (χ3n) is 3.32. The molecule has 3 N–H and O–H groups in total. The van der Waals surface area contributed by atoms with Crippen molar-refractivity contribution in [3.05, 3.63) is 41.2 Å². The molecule has 0 aliphatic rings. The number of hydrogen-bond donors (Lipinski definition) is 3. The molecule has 2 rings (SSSR count). The number of amides is 2. The molecule has 2 amide bonds. The van der Waals surface area contributed by atoms with Gasteiger partial charge in [-0.1, -0.05) is 6.07 Å². The summed E-state index contributed by atoms with van der Waals surface area (Å²) >= 11 is 0. The normalized spacial score (nSPS) is 11.8. The Kier molecular flexibility index (Phi) is 5.04. The van der Waals surface area contributed by atoms with Crippen LogP contribution < -0.4 is 15.4 Å². The molecule has 1 aromatic heterocycles. The molecule has 1 aromatic carbocycles. The highest BCUT2D eigenvalue weighted by Crippen LogP contribution is 2.21. The van der Waals surface area contributed by atoms with Crippen LogP contribution in [0.1, 0.15) is 23.9 Å². The molecule has 0 saturated carbocycles. The van der Waals surface area contributed by atoms with Crippen LogP contribution in [0.4, 0.5) is 10.5 Å². The fourth-order valence-corrected chi connectivity index (χ4v) is 2.23. The van der Waals surface area contributed by atoms with Crippen LogP contribution >= 0.6 is 0 Å². The quantitative estimate of drug-likeness (QED) is 0.794. The molecule has 0 aliphatic carbocycles. The number of anilines is 1. The van der Waals surface area contributed by atoms with E-state index in [1.165, 1.54) is 0 Å². The summed E-state index contributed by atoms with van der Waals surface area (Å²) in [7, 11) is 1.61. The minimum Gasteiger partial charge on any atom is -0.496 e. The van der Waals surface area contributed by atoms with Crippen LogP contribution in [0.2, 0.25) is 0 Å². The number of benzene rings is 1. The first-order valence-electron chi connectivity index (χ1n) is 7.21. The van der Waals surface area contributed by atoms with Gasteiger partial charge in [0.05, 0.1) is 12.8 Å². The Morgan fingerprint density at radius 2 is 2.14 bits per heavy atom. The van der Waals surface area contributed by atoms with E-state index in [2.05, 4.69) is 20.8 Å². The van der Waals surface area contributed by atoms with E-state index in [1.54, 1.807) is 13.2 Å². The first-order valence-corrected chi connectivity index (χ1v) is 7.21. The summed E-state index contributed by atoms with van der Waals surface area (Å²) in [5.74, 6) is 0.748. The monoisotopic (exact) mass is 302 g/mol. The van der Waals surface area contributed by atoms with Gasteiger partial charge in [0, 0.05) is 29.9 Å². The number of ether oxygens (including phenoxy) is 1. The van der Waals surface area contributed by atoms with Crippen molar-refractivity contribution in [2.75, 3.05) is 12.4 Å². The van der Waals surface area contributed by atoms with Crippen molar-refractivity contribution >= 4 is 11.7 Å². The standard InChI is InChI=1S/C16H22N4O2/c1-10-5-6-13(9-15(10)22-4)18-16(21)17-11(2)7-14-8-12(3)19-20-14/h5-6,8-9,11H,7H2,1-4H3,(H,19,20)(H2,17,18,21). The van der Waals surface area contributed by atoms with Gasteiger partial charge >= 0.3 is 6.03 Å². The average molecular weight is 302 g/mol. The Bertz CT molecular complexity index is 651. The smallest absolute Gasteiger partial charge is 0.319 e. The van der Waals surface area contributed by atoms with Crippen LogP contribution in [0.15, 0.2) is 24.3 Å². The second-order valence-corrected chi connectivity index (χ2v) is 5.43. The molecule has 1 heterocycles. The zero-order valence-corrected chi connectivity index (χ0v) is 13.4. The number of aryl methyl sites for hydroxylation is 2. The van der Waals surface area contributed by atoms with Gasteiger partial charge in [-0.3, -0.25) is 5.10 Å². The summed E-state index contributed by atoms with van der Waals surface area (Å²) in [4.78, 5) is 12.0. The number of aromatic amines is 1. The highest BCUT2D eigenvalue weighted by Gasteiger charge is 2.10. The lowest BCUT2D eigenvalue weighted by molar-refractivity contribution is 0.249. The summed E-state index contributed by atoms with van der Waals surface area (Å²) in [5.41, 5.74) is 3.67. The SMILES string of the molecule is COc1cc(NC(=O)NC(C)Cc2cc(C)[nH]n2)ccc1C.